The highest BCUT2D eigenvalue weighted by atomic mass is 35.5. The summed E-state index contributed by atoms with van der Waals surface area (Å²) in [6.45, 7) is 7.57. The Morgan fingerprint density at radius 3 is 2.55 bits per heavy atom. The second-order valence-electron chi connectivity index (χ2n) is 5.13. The molecule has 6 nitrogen and oxygen atoms in total. The Morgan fingerprint density at radius 1 is 1.35 bits per heavy atom. The third kappa shape index (κ3) is 3.39. The number of nitrogen functional groups attached to an aromatic ring is 1. The van der Waals surface area contributed by atoms with E-state index >= 15 is 0 Å². The minimum atomic E-state index is -0.0331. The molecule has 0 atom stereocenters. The summed E-state index contributed by atoms with van der Waals surface area (Å²) in [5, 5.41) is 0.254. The number of nitrogens with one attached hydrogen (secondary N) is 1. The van der Waals surface area contributed by atoms with E-state index in [2.05, 4.69) is 29.2 Å². The summed E-state index contributed by atoms with van der Waals surface area (Å²) in [5.41, 5.74) is 2.92. The van der Waals surface area contributed by atoms with Crippen LogP contribution in [-0.4, -0.2) is 52.9 Å². The van der Waals surface area contributed by atoms with Gasteiger partial charge < -0.3 is 10.3 Å². The molecule has 2 rings (SSSR count). The van der Waals surface area contributed by atoms with Crippen LogP contribution in [0.15, 0.2) is 12.1 Å². The van der Waals surface area contributed by atoms with E-state index < -0.39 is 0 Å². The third-order valence-corrected chi connectivity index (χ3v) is 3.71. The van der Waals surface area contributed by atoms with Gasteiger partial charge in [-0.15, -0.1) is 0 Å². The second kappa shape index (κ2) is 6.39. The van der Waals surface area contributed by atoms with Gasteiger partial charge in [0.2, 0.25) is 0 Å². The molecule has 1 fully saturated rings. The number of carbonyl (C=O) groups is 1. The highest BCUT2D eigenvalue weighted by molar-refractivity contribution is 6.29. The molecule has 0 aliphatic carbocycles. The number of hydrazine groups is 1. The van der Waals surface area contributed by atoms with E-state index in [4.69, 9.17) is 17.4 Å². The largest absolute Gasteiger partial charge is 0.336 e. The van der Waals surface area contributed by atoms with Crippen molar-refractivity contribution in [3.63, 3.8) is 0 Å². The molecule has 1 saturated heterocycles. The van der Waals surface area contributed by atoms with Gasteiger partial charge in [-0.05, 0) is 26.0 Å². The van der Waals surface area contributed by atoms with Gasteiger partial charge in [-0.1, -0.05) is 11.6 Å². The first kappa shape index (κ1) is 15.0. The minimum absolute atomic E-state index is 0.0331. The zero-order valence-electron chi connectivity index (χ0n) is 11.8. The van der Waals surface area contributed by atoms with Crippen molar-refractivity contribution < 1.29 is 4.79 Å². The first-order valence-corrected chi connectivity index (χ1v) is 7.06. The van der Waals surface area contributed by atoms with Crippen LogP contribution in [0.2, 0.25) is 5.15 Å². The first-order valence-electron chi connectivity index (χ1n) is 6.69. The van der Waals surface area contributed by atoms with E-state index in [1.165, 1.54) is 0 Å². The molecule has 0 saturated carbocycles. The van der Waals surface area contributed by atoms with E-state index in [0.29, 0.717) is 17.4 Å². The quantitative estimate of drug-likeness (QED) is 0.498. The van der Waals surface area contributed by atoms with Gasteiger partial charge in [0, 0.05) is 37.8 Å². The smallest absolute Gasteiger partial charge is 0.254 e. The van der Waals surface area contributed by atoms with Crippen molar-refractivity contribution in [2.75, 3.05) is 31.6 Å². The number of pyridine rings is 1. The van der Waals surface area contributed by atoms with E-state index in [1.807, 2.05) is 4.90 Å². The number of aromatic nitrogens is 1. The Morgan fingerprint density at radius 2 is 2.00 bits per heavy atom. The number of anilines is 1. The van der Waals surface area contributed by atoms with Crippen LogP contribution in [0.5, 0.6) is 0 Å². The predicted octanol–water partition coefficient (Wildman–Crippen LogP) is 1.19. The molecule has 0 unspecified atom stereocenters. The van der Waals surface area contributed by atoms with Crippen molar-refractivity contribution >= 4 is 23.3 Å². The average molecular weight is 298 g/mol. The number of hydrogen-bond acceptors (Lipinski definition) is 5. The average Bonchev–Trinajstić information content (AvgIpc) is 2.45. The van der Waals surface area contributed by atoms with Crippen molar-refractivity contribution in [2.24, 2.45) is 5.84 Å². The van der Waals surface area contributed by atoms with Crippen LogP contribution < -0.4 is 11.3 Å². The Bertz CT molecular complexity index is 486. The Hall–Kier alpha value is -1.37. The number of halogens is 1. The summed E-state index contributed by atoms with van der Waals surface area (Å²) in [6, 6.07) is 3.69. The van der Waals surface area contributed by atoms with Crippen LogP contribution in [0.1, 0.15) is 24.2 Å². The Labute approximate surface area is 123 Å². The van der Waals surface area contributed by atoms with Crippen LogP contribution in [0, 0.1) is 0 Å². The summed E-state index contributed by atoms with van der Waals surface area (Å²) in [7, 11) is 0. The van der Waals surface area contributed by atoms with Gasteiger partial charge in [-0.25, -0.2) is 10.8 Å². The summed E-state index contributed by atoms with van der Waals surface area (Å²) in [6.07, 6.45) is 0. The lowest BCUT2D eigenvalue weighted by atomic mass is 10.2. The van der Waals surface area contributed by atoms with Crippen molar-refractivity contribution in [2.45, 2.75) is 19.9 Å². The molecule has 1 aliphatic rings. The number of nitrogens with two attached hydrogens (primary N) is 1. The molecule has 0 aromatic carbocycles. The van der Waals surface area contributed by atoms with E-state index in [0.717, 1.165) is 26.2 Å². The third-order valence-electron chi connectivity index (χ3n) is 3.52. The van der Waals surface area contributed by atoms with Gasteiger partial charge in [0.25, 0.3) is 5.91 Å². The Balaban J connectivity index is 2.07. The molecule has 1 aliphatic heterocycles. The molecule has 3 N–H and O–H groups in total. The summed E-state index contributed by atoms with van der Waals surface area (Å²) in [4.78, 5) is 20.6. The zero-order chi connectivity index (χ0) is 14.7. The number of amides is 1. The van der Waals surface area contributed by atoms with Crippen LogP contribution in [0.4, 0.5) is 5.82 Å². The fourth-order valence-electron chi connectivity index (χ4n) is 2.32. The SMILES string of the molecule is CC(C)N1CCN(C(=O)c2cc(Cl)nc(NN)c2)CC1. The van der Waals surface area contributed by atoms with Crippen LogP contribution >= 0.6 is 11.6 Å². The summed E-state index contributed by atoms with van der Waals surface area (Å²) < 4.78 is 0. The normalized spacial score (nSPS) is 16.6. The van der Waals surface area contributed by atoms with Crippen molar-refractivity contribution in [1.29, 1.82) is 0 Å². The fraction of sp³-hybridized carbons (Fsp3) is 0.538. The molecule has 0 spiro atoms. The topological polar surface area (TPSA) is 74.5 Å². The maximum atomic E-state index is 12.4. The van der Waals surface area contributed by atoms with Crippen molar-refractivity contribution in [3.8, 4) is 0 Å². The number of hydrogen-bond donors (Lipinski definition) is 2. The molecule has 110 valence electrons. The van der Waals surface area contributed by atoms with Crippen molar-refractivity contribution in [3.05, 3.63) is 22.8 Å². The van der Waals surface area contributed by atoms with Crippen LogP contribution in [-0.2, 0) is 0 Å². The van der Waals surface area contributed by atoms with Gasteiger partial charge in [-0.3, -0.25) is 9.69 Å². The molecule has 1 aromatic rings. The lowest BCUT2D eigenvalue weighted by molar-refractivity contribution is 0.0595. The number of rotatable bonds is 3. The molecule has 1 aromatic heterocycles. The number of piperazine rings is 1. The number of carbonyl (C=O) groups excluding carboxylic acids is 1. The molecular formula is C13H20ClN5O. The van der Waals surface area contributed by atoms with Gasteiger partial charge in [0.1, 0.15) is 11.0 Å². The Kier molecular flexibility index (Phi) is 4.80. The maximum absolute atomic E-state index is 12.4. The van der Waals surface area contributed by atoms with Gasteiger partial charge in [0.15, 0.2) is 0 Å². The zero-order valence-corrected chi connectivity index (χ0v) is 12.5. The predicted molar refractivity (Wildman–Crippen MR) is 79.7 cm³/mol. The highest BCUT2D eigenvalue weighted by Gasteiger charge is 2.23. The van der Waals surface area contributed by atoms with Crippen LogP contribution in [0.3, 0.4) is 0 Å². The van der Waals surface area contributed by atoms with E-state index in [1.54, 1.807) is 12.1 Å². The van der Waals surface area contributed by atoms with E-state index in [9.17, 15) is 4.79 Å². The summed E-state index contributed by atoms with van der Waals surface area (Å²) in [5.74, 6) is 5.67. The lowest BCUT2D eigenvalue weighted by Gasteiger charge is -2.37. The van der Waals surface area contributed by atoms with Crippen LogP contribution in [0.25, 0.3) is 0 Å². The van der Waals surface area contributed by atoms with Gasteiger partial charge >= 0.3 is 0 Å². The molecule has 2 heterocycles. The monoisotopic (exact) mass is 297 g/mol. The van der Waals surface area contributed by atoms with E-state index in [-0.39, 0.29) is 11.1 Å². The maximum Gasteiger partial charge on any atom is 0.254 e. The molecule has 1 amide bonds. The highest BCUT2D eigenvalue weighted by Crippen LogP contribution is 2.17. The number of nitrogens with zero attached hydrogens (tertiary/aromatic N) is 3. The summed E-state index contributed by atoms with van der Waals surface area (Å²) >= 11 is 5.89. The molecular weight excluding hydrogens is 278 g/mol. The second-order valence-corrected chi connectivity index (χ2v) is 5.52. The van der Waals surface area contributed by atoms with Gasteiger partial charge in [0.05, 0.1) is 0 Å². The minimum Gasteiger partial charge on any atom is -0.336 e. The molecule has 0 radical (unpaired) electrons. The first-order chi connectivity index (χ1) is 9.51. The molecule has 20 heavy (non-hydrogen) atoms. The van der Waals surface area contributed by atoms with Crippen molar-refractivity contribution in [1.82, 2.24) is 14.8 Å². The fourth-order valence-corrected chi connectivity index (χ4v) is 2.53. The molecule has 7 heteroatoms. The standard InChI is InChI=1S/C13H20ClN5O/c1-9(2)18-3-5-19(6-4-18)13(20)10-7-11(14)16-12(8-10)17-15/h7-9H,3-6,15H2,1-2H3,(H,16,17). The molecule has 0 bridgehead atoms. The van der Waals surface area contributed by atoms with Gasteiger partial charge in [-0.2, -0.15) is 0 Å². The lowest BCUT2D eigenvalue weighted by Crippen LogP contribution is -2.50.